The van der Waals surface area contributed by atoms with E-state index in [0.29, 0.717) is 18.1 Å². The van der Waals surface area contributed by atoms with Crippen LogP contribution in [0, 0.1) is 12.7 Å². The molecule has 0 aliphatic carbocycles. The Balaban J connectivity index is 1.55. The Morgan fingerprint density at radius 1 is 1.19 bits per heavy atom. The number of nitrogens with zero attached hydrogens (tertiary/aromatic N) is 2. The van der Waals surface area contributed by atoms with Crippen LogP contribution in [0.1, 0.15) is 16.8 Å². The Kier molecular flexibility index (Phi) is 5.38. The molecule has 132 valence electrons. The van der Waals surface area contributed by atoms with Gasteiger partial charge in [-0.1, -0.05) is 12.1 Å². The molecule has 1 aromatic heterocycles. The molecule has 1 heterocycles. The van der Waals surface area contributed by atoms with Crippen molar-refractivity contribution in [3.05, 3.63) is 87.6 Å². The van der Waals surface area contributed by atoms with Gasteiger partial charge in [0.1, 0.15) is 18.2 Å². The Morgan fingerprint density at radius 3 is 2.62 bits per heavy atom. The van der Waals surface area contributed by atoms with E-state index in [4.69, 9.17) is 4.74 Å². The first-order valence-electron chi connectivity index (χ1n) is 7.93. The SMILES string of the molecule is Cc1cc(=O)[nH]c(N/N=C/c2ccc(OCc3ccc(F)cc3)cc2)n1. The molecule has 0 aliphatic heterocycles. The zero-order valence-corrected chi connectivity index (χ0v) is 14.1. The number of H-pyrrole nitrogens is 1. The van der Waals surface area contributed by atoms with Gasteiger partial charge >= 0.3 is 0 Å². The van der Waals surface area contributed by atoms with Crippen LogP contribution in [0.25, 0.3) is 0 Å². The Bertz CT molecular complexity index is 951. The number of rotatable bonds is 6. The lowest BCUT2D eigenvalue weighted by molar-refractivity contribution is 0.306. The summed E-state index contributed by atoms with van der Waals surface area (Å²) in [7, 11) is 0. The molecule has 0 radical (unpaired) electrons. The topological polar surface area (TPSA) is 79.4 Å². The highest BCUT2D eigenvalue weighted by Crippen LogP contribution is 2.14. The van der Waals surface area contributed by atoms with E-state index in [1.165, 1.54) is 18.2 Å². The van der Waals surface area contributed by atoms with Crippen LogP contribution in [0.5, 0.6) is 5.75 Å². The third-order valence-electron chi connectivity index (χ3n) is 3.45. The van der Waals surface area contributed by atoms with Crippen molar-refractivity contribution in [2.45, 2.75) is 13.5 Å². The van der Waals surface area contributed by atoms with Crippen molar-refractivity contribution in [1.82, 2.24) is 9.97 Å². The minimum Gasteiger partial charge on any atom is -0.489 e. The molecule has 0 saturated heterocycles. The molecule has 3 aromatic rings. The number of nitrogens with one attached hydrogen (secondary N) is 2. The molecule has 0 saturated carbocycles. The monoisotopic (exact) mass is 352 g/mol. The van der Waals surface area contributed by atoms with Gasteiger partial charge in [-0.25, -0.2) is 14.8 Å². The summed E-state index contributed by atoms with van der Waals surface area (Å²) in [6.07, 6.45) is 1.60. The highest BCUT2D eigenvalue weighted by atomic mass is 19.1. The zero-order chi connectivity index (χ0) is 18.4. The van der Waals surface area contributed by atoms with E-state index < -0.39 is 0 Å². The number of anilines is 1. The number of ether oxygens (including phenoxy) is 1. The first-order chi connectivity index (χ1) is 12.6. The summed E-state index contributed by atoms with van der Waals surface area (Å²) in [5.41, 5.74) is 4.79. The molecular weight excluding hydrogens is 335 g/mol. The first kappa shape index (κ1) is 17.3. The summed E-state index contributed by atoms with van der Waals surface area (Å²) in [5.74, 6) is 0.713. The lowest BCUT2D eigenvalue weighted by Gasteiger charge is -2.06. The molecule has 0 unspecified atom stereocenters. The quantitative estimate of drug-likeness (QED) is 0.527. The van der Waals surface area contributed by atoms with Gasteiger partial charge in [-0.3, -0.25) is 9.78 Å². The van der Waals surface area contributed by atoms with Gasteiger partial charge < -0.3 is 4.74 Å². The number of hydrogen-bond donors (Lipinski definition) is 2. The van der Waals surface area contributed by atoms with Crippen molar-refractivity contribution >= 4 is 12.2 Å². The highest BCUT2D eigenvalue weighted by Gasteiger charge is 1.98. The molecule has 0 atom stereocenters. The van der Waals surface area contributed by atoms with Gasteiger partial charge in [-0.2, -0.15) is 5.10 Å². The van der Waals surface area contributed by atoms with Gasteiger partial charge in [-0.15, -0.1) is 0 Å². The Morgan fingerprint density at radius 2 is 1.92 bits per heavy atom. The lowest BCUT2D eigenvalue weighted by atomic mass is 10.2. The highest BCUT2D eigenvalue weighted by molar-refractivity contribution is 5.80. The van der Waals surface area contributed by atoms with E-state index in [0.717, 1.165) is 11.1 Å². The van der Waals surface area contributed by atoms with E-state index in [2.05, 4.69) is 20.5 Å². The molecule has 3 rings (SSSR count). The molecule has 0 spiro atoms. The Labute approximate surface area is 149 Å². The number of aryl methyl sites for hydroxylation is 1. The zero-order valence-electron chi connectivity index (χ0n) is 14.1. The van der Waals surface area contributed by atoms with E-state index in [1.54, 1.807) is 25.3 Å². The lowest BCUT2D eigenvalue weighted by Crippen LogP contribution is -2.10. The van der Waals surface area contributed by atoms with E-state index in [1.807, 2.05) is 24.3 Å². The minimum absolute atomic E-state index is 0.238. The van der Waals surface area contributed by atoms with Crippen molar-refractivity contribution in [2.75, 3.05) is 5.43 Å². The van der Waals surface area contributed by atoms with Gasteiger partial charge in [0.2, 0.25) is 5.95 Å². The van der Waals surface area contributed by atoms with Crippen molar-refractivity contribution in [3.8, 4) is 5.75 Å². The fraction of sp³-hybridized carbons (Fsp3) is 0.105. The molecule has 0 bridgehead atoms. The van der Waals surface area contributed by atoms with Crippen LogP contribution < -0.4 is 15.7 Å². The van der Waals surface area contributed by atoms with Gasteiger partial charge in [0.25, 0.3) is 5.56 Å². The summed E-state index contributed by atoms with van der Waals surface area (Å²) in [6.45, 7) is 2.09. The number of hydrazone groups is 1. The second-order valence-corrected chi connectivity index (χ2v) is 5.59. The molecular formula is C19H17FN4O2. The molecule has 0 fully saturated rings. The second-order valence-electron chi connectivity index (χ2n) is 5.59. The molecule has 0 aliphatic rings. The molecule has 2 aromatic carbocycles. The van der Waals surface area contributed by atoms with Crippen LogP contribution in [0.15, 0.2) is 64.5 Å². The fourth-order valence-corrected chi connectivity index (χ4v) is 2.20. The van der Waals surface area contributed by atoms with Crippen molar-refractivity contribution in [3.63, 3.8) is 0 Å². The van der Waals surface area contributed by atoms with Gasteiger partial charge in [-0.05, 0) is 54.4 Å². The second kappa shape index (κ2) is 8.06. The third-order valence-corrected chi connectivity index (χ3v) is 3.45. The van der Waals surface area contributed by atoms with Crippen molar-refractivity contribution in [1.29, 1.82) is 0 Å². The summed E-state index contributed by atoms with van der Waals surface area (Å²) >= 11 is 0. The van der Waals surface area contributed by atoms with E-state index in [-0.39, 0.29) is 17.3 Å². The summed E-state index contributed by atoms with van der Waals surface area (Å²) in [5, 5.41) is 4.04. The smallest absolute Gasteiger partial charge is 0.252 e. The van der Waals surface area contributed by atoms with Crippen LogP contribution in [-0.2, 0) is 6.61 Å². The van der Waals surface area contributed by atoms with Crippen LogP contribution >= 0.6 is 0 Å². The number of aromatic nitrogens is 2. The average Bonchev–Trinajstić information content (AvgIpc) is 2.62. The summed E-state index contributed by atoms with van der Waals surface area (Å²) in [6, 6.07) is 14.9. The third kappa shape index (κ3) is 5.01. The number of halogens is 1. The largest absolute Gasteiger partial charge is 0.489 e. The maximum absolute atomic E-state index is 12.9. The minimum atomic E-state index is -0.268. The molecule has 26 heavy (non-hydrogen) atoms. The number of hydrogen-bond acceptors (Lipinski definition) is 5. The predicted octanol–water partition coefficient (Wildman–Crippen LogP) is 3.24. The molecule has 6 nitrogen and oxygen atoms in total. The van der Waals surface area contributed by atoms with Crippen LogP contribution in [-0.4, -0.2) is 16.2 Å². The maximum atomic E-state index is 12.9. The standard InChI is InChI=1S/C19H17FN4O2/c1-13-10-18(25)23-19(22-13)24-21-11-14-4-8-17(9-5-14)26-12-15-2-6-16(20)7-3-15/h2-11H,12H2,1H3,(H2,22,23,24,25)/b21-11+. The normalized spacial score (nSPS) is 10.8. The fourth-order valence-electron chi connectivity index (χ4n) is 2.20. The number of aromatic amines is 1. The number of benzene rings is 2. The van der Waals surface area contributed by atoms with Crippen LogP contribution in [0.3, 0.4) is 0 Å². The molecule has 0 amide bonds. The van der Waals surface area contributed by atoms with E-state index in [9.17, 15) is 9.18 Å². The Hall–Kier alpha value is -3.48. The predicted molar refractivity (Wildman–Crippen MR) is 98.0 cm³/mol. The summed E-state index contributed by atoms with van der Waals surface area (Å²) in [4.78, 5) is 18.0. The van der Waals surface area contributed by atoms with Crippen LogP contribution in [0.4, 0.5) is 10.3 Å². The van der Waals surface area contributed by atoms with Gasteiger partial charge in [0.15, 0.2) is 0 Å². The first-order valence-corrected chi connectivity index (χ1v) is 7.93. The van der Waals surface area contributed by atoms with Gasteiger partial charge in [0.05, 0.1) is 6.21 Å². The van der Waals surface area contributed by atoms with Crippen molar-refractivity contribution < 1.29 is 9.13 Å². The van der Waals surface area contributed by atoms with E-state index >= 15 is 0 Å². The van der Waals surface area contributed by atoms with Gasteiger partial charge in [0, 0.05) is 11.8 Å². The van der Waals surface area contributed by atoms with Crippen LogP contribution in [0.2, 0.25) is 0 Å². The molecule has 7 heteroatoms. The van der Waals surface area contributed by atoms with Crippen molar-refractivity contribution in [2.24, 2.45) is 5.10 Å². The summed E-state index contributed by atoms with van der Waals surface area (Å²) < 4.78 is 18.5. The molecule has 2 N–H and O–H groups in total. The average molecular weight is 352 g/mol. The maximum Gasteiger partial charge on any atom is 0.252 e.